The smallest absolute Gasteiger partial charge is 0.319 e. The molecule has 0 saturated carbocycles. The summed E-state index contributed by atoms with van der Waals surface area (Å²) < 4.78 is 0. The van der Waals surface area contributed by atoms with Gasteiger partial charge >= 0.3 is 6.03 Å². The Morgan fingerprint density at radius 1 is 1.15 bits per heavy atom. The predicted octanol–water partition coefficient (Wildman–Crippen LogP) is 0.729. The molecule has 0 aromatic rings. The van der Waals surface area contributed by atoms with Gasteiger partial charge in [-0.2, -0.15) is 0 Å². The first-order valence-corrected chi connectivity index (χ1v) is 4.72. The summed E-state index contributed by atoms with van der Waals surface area (Å²) in [5.74, 6) is 0. The minimum absolute atomic E-state index is 0.0627. The maximum Gasteiger partial charge on any atom is 0.319 e. The van der Waals surface area contributed by atoms with Crippen molar-refractivity contribution in [1.82, 2.24) is 9.80 Å². The fourth-order valence-electron chi connectivity index (χ4n) is 1.11. The molecule has 0 saturated heterocycles. The molecular formula is C9H21N3O. The van der Waals surface area contributed by atoms with Crippen LogP contribution in [0.5, 0.6) is 0 Å². The van der Waals surface area contributed by atoms with Crippen LogP contribution in [0, 0.1) is 0 Å². The van der Waals surface area contributed by atoms with E-state index in [-0.39, 0.29) is 6.03 Å². The zero-order chi connectivity index (χ0) is 10.3. The number of unbranched alkanes of at least 4 members (excludes halogenated alkanes) is 2. The second-order valence-corrected chi connectivity index (χ2v) is 3.45. The SMILES string of the molecule is CN(C)C(=O)N(C)CCCCCN. The molecule has 0 aliphatic heterocycles. The van der Waals surface area contributed by atoms with E-state index in [1.807, 2.05) is 7.05 Å². The zero-order valence-electron chi connectivity index (χ0n) is 8.92. The van der Waals surface area contributed by atoms with E-state index in [1.54, 1.807) is 23.9 Å². The summed E-state index contributed by atoms with van der Waals surface area (Å²) in [6, 6.07) is 0.0627. The number of amides is 2. The molecule has 0 rings (SSSR count). The van der Waals surface area contributed by atoms with Crippen LogP contribution in [0.1, 0.15) is 19.3 Å². The average Bonchev–Trinajstić information content (AvgIpc) is 2.10. The zero-order valence-corrected chi connectivity index (χ0v) is 8.92. The third-order valence-corrected chi connectivity index (χ3v) is 1.91. The van der Waals surface area contributed by atoms with Crippen LogP contribution in [-0.4, -0.2) is 50.1 Å². The second kappa shape index (κ2) is 6.71. The van der Waals surface area contributed by atoms with Crippen molar-refractivity contribution in [2.45, 2.75) is 19.3 Å². The topological polar surface area (TPSA) is 49.6 Å². The standard InChI is InChI=1S/C9H21N3O/c1-11(2)9(13)12(3)8-6-4-5-7-10/h4-8,10H2,1-3H3. The van der Waals surface area contributed by atoms with Gasteiger partial charge in [0.05, 0.1) is 0 Å². The lowest BCUT2D eigenvalue weighted by Crippen LogP contribution is -2.36. The molecule has 4 nitrogen and oxygen atoms in total. The van der Waals surface area contributed by atoms with E-state index in [1.165, 1.54) is 0 Å². The fraction of sp³-hybridized carbons (Fsp3) is 0.889. The molecule has 0 unspecified atom stereocenters. The van der Waals surface area contributed by atoms with Gasteiger partial charge in [0.15, 0.2) is 0 Å². The summed E-state index contributed by atoms with van der Waals surface area (Å²) in [7, 11) is 5.35. The molecule has 0 aliphatic rings. The Kier molecular flexibility index (Phi) is 6.32. The lowest BCUT2D eigenvalue weighted by molar-refractivity contribution is 0.181. The first kappa shape index (κ1) is 12.2. The van der Waals surface area contributed by atoms with Gasteiger partial charge in [0, 0.05) is 27.7 Å². The third-order valence-electron chi connectivity index (χ3n) is 1.91. The van der Waals surface area contributed by atoms with Crippen LogP contribution < -0.4 is 5.73 Å². The van der Waals surface area contributed by atoms with Crippen LogP contribution in [0.25, 0.3) is 0 Å². The normalized spacial score (nSPS) is 9.85. The van der Waals surface area contributed by atoms with Crippen molar-refractivity contribution in [3.05, 3.63) is 0 Å². The van der Waals surface area contributed by atoms with Crippen molar-refractivity contribution in [1.29, 1.82) is 0 Å². The van der Waals surface area contributed by atoms with Gasteiger partial charge in [0.2, 0.25) is 0 Å². The Morgan fingerprint density at radius 2 is 1.77 bits per heavy atom. The van der Waals surface area contributed by atoms with Crippen molar-refractivity contribution in [2.24, 2.45) is 5.73 Å². The third kappa shape index (κ3) is 5.47. The predicted molar refractivity (Wildman–Crippen MR) is 54.6 cm³/mol. The Bertz CT molecular complexity index is 148. The minimum Gasteiger partial charge on any atom is -0.331 e. The Labute approximate surface area is 80.7 Å². The molecule has 0 fully saturated rings. The molecule has 78 valence electrons. The van der Waals surface area contributed by atoms with E-state index < -0.39 is 0 Å². The minimum atomic E-state index is 0.0627. The molecule has 0 aliphatic carbocycles. The first-order valence-electron chi connectivity index (χ1n) is 4.72. The molecule has 0 atom stereocenters. The number of carbonyl (C=O) groups excluding carboxylic acids is 1. The molecule has 0 heterocycles. The summed E-state index contributed by atoms with van der Waals surface area (Å²) in [5, 5.41) is 0. The quantitative estimate of drug-likeness (QED) is 0.645. The van der Waals surface area contributed by atoms with Crippen LogP contribution >= 0.6 is 0 Å². The van der Waals surface area contributed by atoms with Crippen LogP contribution in [0.3, 0.4) is 0 Å². The van der Waals surface area contributed by atoms with E-state index in [0.29, 0.717) is 0 Å². The molecule has 0 spiro atoms. The summed E-state index contributed by atoms with van der Waals surface area (Å²) in [5.41, 5.74) is 5.36. The number of carbonyl (C=O) groups is 1. The van der Waals surface area contributed by atoms with Gasteiger partial charge in [-0.05, 0) is 19.4 Å². The van der Waals surface area contributed by atoms with Crippen molar-refractivity contribution in [2.75, 3.05) is 34.2 Å². The number of nitrogens with two attached hydrogens (primary N) is 1. The van der Waals surface area contributed by atoms with Gasteiger partial charge in [0.1, 0.15) is 0 Å². The van der Waals surface area contributed by atoms with E-state index in [9.17, 15) is 4.79 Å². The highest BCUT2D eigenvalue weighted by Crippen LogP contribution is 1.98. The van der Waals surface area contributed by atoms with Gasteiger partial charge in [-0.25, -0.2) is 4.79 Å². The van der Waals surface area contributed by atoms with Crippen LogP contribution in [0.4, 0.5) is 4.79 Å². The van der Waals surface area contributed by atoms with Gasteiger partial charge in [0.25, 0.3) is 0 Å². The lowest BCUT2D eigenvalue weighted by atomic mass is 10.2. The molecule has 0 aromatic carbocycles. The van der Waals surface area contributed by atoms with Gasteiger partial charge in [-0.3, -0.25) is 0 Å². The molecule has 4 heteroatoms. The molecule has 0 bridgehead atoms. The van der Waals surface area contributed by atoms with Crippen molar-refractivity contribution in [3.8, 4) is 0 Å². The molecule has 2 amide bonds. The number of nitrogens with zero attached hydrogens (tertiary/aromatic N) is 2. The van der Waals surface area contributed by atoms with Crippen LogP contribution in [-0.2, 0) is 0 Å². The maximum atomic E-state index is 11.3. The fourth-order valence-corrected chi connectivity index (χ4v) is 1.11. The van der Waals surface area contributed by atoms with Gasteiger partial charge in [-0.1, -0.05) is 6.42 Å². The summed E-state index contributed by atoms with van der Waals surface area (Å²) in [4.78, 5) is 14.7. The maximum absolute atomic E-state index is 11.3. The lowest BCUT2D eigenvalue weighted by Gasteiger charge is -2.21. The number of hydrogen-bond donors (Lipinski definition) is 1. The average molecular weight is 187 g/mol. The van der Waals surface area contributed by atoms with Crippen molar-refractivity contribution < 1.29 is 4.79 Å². The molecular weight excluding hydrogens is 166 g/mol. The number of hydrogen-bond acceptors (Lipinski definition) is 2. The van der Waals surface area contributed by atoms with Crippen LogP contribution in [0.2, 0.25) is 0 Å². The van der Waals surface area contributed by atoms with E-state index in [0.717, 1.165) is 32.4 Å². The monoisotopic (exact) mass is 187 g/mol. The molecule has 13 heavy (non-hydrogen) atoms. The van der Waals surface area contributed by atoms with Crippen LogP contribution in [0.15, 0.2) is 0 Å². The van der Waals surface area contributed by atoms with E-state index >= 15 is 0 Å². The Hall–Kier alpha value is -0.770. The molecule has 0 radical (unpaired) electrons. The van der Waals surface area contributed by atoms with Gasteiger partial charge < -0.3 is 15.5 Å². The summed E-state index contributed by atoms with van der Waals surface area (Å²) in [6.07, 6.45) is 3.18. The largest absolute Gasteiger partial charge is 0.331 e. The Morgan fingerprint density at radius 3 is 2.23 bits per heavy atom. The van der Waals surface area contributed by atoms with Gasteiger partial charge in [-0.15, -0.1) is 0 Å². The van der Waals surface area contributed by atoms with E-state index in [4.69, 9.17) is 5.73 Å². The Balaban J connectivity index is 3.50. The second-order valence-electron chi connectivity index (χ2n) is 3.45. The highest BCUT2D eigenvalue weighted by molar-refractivity contribution is 5.73. The first-order chi connectivity index (χ1) is 6.09. The van der Waals surface area contributed by atoms with Crippen molar-refractivity contribution >= 4 is 6.03 Å². The molecule has 2 N–H and O–H groups in total. The number of urea groups is 1. The van der Waals surface area contributed by atoms with Crippen molar-refractivity contribution in [3.63, 3.8) is 0 Å². The summed E-state index contributed by atoms with van der Waals surface area (Å²) >= 11 is 0. The highest BCUT2D eigenvalue weighted by atomic mass is 16.2. The summed E-state index contributed by atoms with van der Waals surface area (Å²) in [6.45, 7) is 1.56. The molecule has 0 aromatic heterocycles. The highest BCUT2D eigenvalue weighted by Gasteiger charge is 2.08. The number of rotatable bonds is 5. The van der Waals surface area contributed by atoms with E-state index in [2.05, 4.69) is 0 Å².